The molecule has 0 N–H and O–H groups in total. The van der Waals surface area contributed by atoms with Crippen molar-refractivity contribution in [1.29, 1.82) is 0 Å². The summed E-state index contributed by atoms with van der Waals surface area (Å²) in [4.78, 5) is 4.79. The van der Waals surface area contributed by atoms with E-state index in [1.165, 1.54) is 11.1 Å². The van der Waals surface area contributed by atoms with E-state index in [1.807, 2.05) is 25.1 Å². The molecule has 114 valence electrons. The average Bonchev–Trinajstić information content (AvgIpc) is 2.97. The van der Waals surface area contributed by atoms with Gasteiger partial charge in [-0.3, -0.25) is 4.40 Å². The zero-order valence-corrected chi connectivity index (χ0v) is 13.8. The van der Waals surface area contributed by atoms with Crippen LogP contribution >= 0.6 is 11.8 Å². The van der Waals surface area contributed by atoms with Crippen molar-refractivity contribution in [3.05, 3.63) is 65.5 Å². The van der Waals surface area contributed by atoms with Crippen LogP contribution in [0.2, 0.25) is 0 Å². The maximum atomic E-state index is 4.79. The summed E-state index contributed by atoms with van der Waals surface area (Å²) in [6.45, 7) is 4.07. The van der Waals surface area contributed by atoms with E-state index in [9.17, 15) is 0 Å². The number of thioether (sulfide) groups is 1. The van der Waals surface area contributed by atoms with Gasteiger partial charge in [0.05, 0.1) is 11.0 Å². The third kappa shape index (κ3) is 2.57. The lowest BCUT2D eigenvalue weighted by Gasteiger charge is -2.07. The molecule has 0 spiro atoms. The van der Waals surface area contributed by atoms with Crippen LogP contribution in [-0.4, -0.2) is 19.6 Å². The highest BCUT2D eigenvalue weighted by molar-refractivity contribution is 7.98. The molecule has 0 saturated carbocycles. The molecule has 0 radical (unpaired) electrons. The quantitative estimate of drug-likeness (QED) is 0.531. The van der Waals surface area contributed by atoms with Gasteiger partial charge in [0.25, 0.3) is 0 Å². The molecule has 0 saturated heterocycles. The number of rotatable bonds is 3. The zero-order chi connectivity index (χ0) is 15.8. The van der Waals surface area contributed by atoms with Gasteiger partial charge in [-0.25, -0.2) is 4.98 Å². The van der Waals surface area contributed by atoms with E-state index in [2.05, 4.69) is 51.9 Å². The van der Waals surface area contributed by atoms with Gasteiger partial charge in [-0.2, -0.15) is 0 Å². The van der Waals surface area contributed by atoms with E-state index in [4.69, 9.17) is 4.98 Å². The van der Waals surface area contributed by atoms with Crippen LogP contribution < -0.4 is 0 Å². The molecular weight excluding hydrogens is 304 g/mol. The van der Waals surface area contributed by atoms with Gasteiger partial charge >= 0.3 is 0 Å². The highest BCUT2D eigenvalue weighted by Crippen LogP contribution is 2.28. The predicted octanol–water partition coefficient (Wildman–Crippen LogP) is 4.19. The van der Waals surface area contributed by atoms with Crippen LogP contribution in [0.4, 0.5) is 0 Å². The molecule has 4 nitrogen and oxygen atoms in total. The Bertz CT molecular complexity index is 989. The van der Waals surface area contributed by atoms with E-state index in [-0.39, 0.29) is 0 Å². The highest BCUT2D eigenvalue weighted by atomic mass is 32.2. The molecule has 0 aliphatic rings. The van der Waals surface area contributed by atoms with Crippen molar-refractivity contribution < 1.29 is 0 Å². The monoisotopic (exact) mass is 320 g/mol. The molecule has 4 aromatic rings. The second kappa shape index (κ2) is 5.66. The second-order valence-corrected chi connectivity index (χ2v) is 6.55. The van der Waals surface area contributed by atoms with Crippen LogP contribution in [0.3, 0.4) is 0 Å². The Hall–Kier alpha value is -2.40. The Morgan fingerprint density at radius 3 is 2.57 bits per heavy atom. The van der Waals surface area contributed by atoms with Gasteiger partial charge in [0, 0.05) is 5.75 Å². The molecule has 5 heteroatoms. The Labute approximate surface area is 138 Å². The Morgan fingerprint density at radius 2 is 1.74 bits per heavy atom. The molecule has 2 heterocycles. The summed E-state index contributed by atoms with van der Waals surface area (Å²) in [6, 6.07) is 16.7. The van der Waals surface area contributed by atoms with Crippen molar-refractivity contribution in [2.75, 3.05) is 0 Å². The van der Waals surface area contributed by atoms with E-state index >= 15 is 0 Å². The topological polar surface area (TPSA) is 43.1 Å². The molecule has 0 aliphatic carbocycles. The van der Waals surface area contributed by atoms with Crippen LogP contribution in [0.1, 0.15) is 17.0 Å². The lowest BCUT2D eigenvalue weighted by atomic mass is 10.2. The van der Waals surface area contributed by atoms with E-state index in [1.54, 1.807) is 11.8 Å². The van der Waals surface area contributed by atoms with Crippen LogP contribution in [0, 0.1) is 13.8 Å². The van der Waals surface area contributed by atoms with Crippen LogP contribution in [-0.2, 0) is 5.75 Å². The maximum absolute atomic E-state index is 4.79. The number of aromatic nitrogens is 4. The van der Waals surface area contributed by atoms with Crippen LogP contribution in [0.15, 0.2) is 53.6 Å². The predicted molar refractivity (Wildman–Crippen MR) is 93.8 cm³/mol. The first-order valence-electron chi connectivity index (χ1n) is 7.51. The van der Waals surface area contributed by atoms with Gasteiger partial charge in [-0.1, -0.05) is 53.7 Å². The number of nitrogens with zero attached hydrogens (tertiary/aromatic N) is 4. The standard InChI is InChI=1S/C18H16N4S/c1-12-7-9-14(10-8-12)11-23-18-17-21-20-13(2)22(17)16-6-4-3-5-15(16)19-18/h3-10H,11H2,1-2H3. The van der Waals surface area contributed by atoms with Gasteiger partial charge in [0.1, 0.15) is 10.9 Å². The number of para-hydroxylation sites is 2. The van der Waals surface area contributed by atoms with Gasteiger partial charge in [-0.15, -0.1) is 10.2 Å². The highest BCUT2D eigenvalue weighted by Gasteiger charge is 2.13. The number of hydrogen-bond donors (Lipinski definition) is 0. The molecule has 0 amide bonds. The average molecular weight is 320 g/mol. The first-order chi connectivity index (χ1) is 11.2. The molecule has 4 rings (SSSR count). The summed E-state index contributed by atoms with van der Waals surface area (Å²) < 4.78 is 2.08. The fraction of sp³-hybridized carbons (Fsp3) is 0.167. The van der Waals surface area contributed by atoms with Crippen molar-refractivity contribution >= 4 is 28.4 Å². The second-order valence-electron chi connectivity index (χ2n) is 5.59. The number of fused-ring (bicyclic) bond motifs is 3. The summed E-state index contributed by atoms with van der Waals surface area (Å²) in [7, 11) is 0. The number of benzene rings is 2. The lowest BCUT2D eigenvalue weighted by molar-refractivity contribution is 1.02. The minimum atomic E-state index is 0.832. The Balaban J connectivity index is 1.77. The summed E-state index contributed by atoms with van der Waals surface area (Å²) in [5.74, 6) is 1.75. The summed E-state index contributed by atoms with van der Waals surface area (Å²) in [5.41, 5.74) is 5.40. The summed E-state index contributed by atoms with van der Waals surface area (Å²) >= 11 is 1.70. The minimum Gasteiger partial charge on any atom is -0.275 e. The fourth-order valence-electron chi connectivity index (χ4n) is 2.63. The maximum Gasteiger partial charge on any atom is 0.193 e. The zero-order valence-electron chi connectivity index (χ0n) is 13.0. The SMILES string of the molecule is Cc1ccc(CSc2nc3ccccc3n3c(C)nnc23)cc1. The lowest BCUT2D eigenvalue weighted by Crippen LogP contribution is -1.96. The third-order valence-corrected chi connectivity index (χ3v) is 4.88. The van der Waals surface area contributed by atoms with E-state index in [0.29, 0.717) is 0 Å². The Morgan fingerprint density at radius 1 is 0.957 bits per heavy atom. The molecule has 2 aromatic heterocycles. The van der Waals surface area contributed by atoms with Crippen molar-refractivity contribution in [3.63, 3.8) is 0 Å². The molecule has 2 aromatic carbocycles. The molecule has 0 aliphatic heterocycles. The van der Waals surface area contributed by atoms with Gasteiger partial charge in [-0.05, 0) is 31.5 Å². The summed E-state index contributed by atoms with van der Waals surface area (Å²) in [5, 5.41) is 9.48. The van der Waals surface area contributed by atoms with E-state index in [0.717, 1.165) is 33.3 Å². The van der Waals surface area contributed by atoms with Crippen molar-refractivity contribution in [3.8, 4) is 0 Å². The van der Waals surface area contributed by atoms with Gasteiger partial charge in [0.2, 0.25) is 0 Å². The van der Waals surface area contributed by atoms with Gasteiger partial charge < -0.3 is 0 Å². The van der Waals surface area contributed by atoms with Crippen molar-refractivity contribution in [2.45, 2.75) is 24.6 Å². The van der Waals surface area contributed by atoms with Crippen LogP contribution in [0.5, 0.6) is 0 Å². The molecule has 0 fully saturated rings. The summed E-state index contributed by atoms with van der Waals surface area (Å²) in [6.07, 6.45) is 0. The Kier molecular flexibility index (Phi) is 3.50. The first kappa shape index (κ1) is 14.2. The molecule has 0 atom stereocenters. The molecule has 0 bridgehead atoms. The number of hydrogen-bond acceptors (Lipinski definition) is 4. The molecule has 0 unspecified atom stereocenters. The fourth-order valence-corrected chi connectivity index (χ4v) is 3.55. The van der Waals surface area contributed by atoms with Gasteiger partial charge in [0.15, 0.2) is 5.65 Å². The first-order valence-corrected chi connectivity index (χ1v) is 8.50. The normalized spacial score (nSPS) is 11.4. The molecule has 23 heavy (non-hydrogen) atoms. The molecular formula is C18H16N4S. The number of aryl methyl sites for hydroxylation is 2. The van der Waals surface area contributed by atoms with Crippen LogP contribution in [0.25, 0.3) is 16.7 Å². The largest absolute Gasteiger partial charge is 0.275 e. The van der Waals surface area contributed by atoms with E-state index < -0.39 is 0 Å². The smallest absolute Gasteiger partial charge is 0.193 e. The minimum absolute atomic E-state index is 0.832. The van der Waals surface area contributed by atoms with Crippen molar-refractivity contribution in [1.82, 2.24) is 19.6 Å². The van der Waals surface area contributed by atoms with Crippen molar-refractivity contribution in [2.24, 2.45) is 0 Å². The third-order valence-electron chi connectivity index (χ3n) is 3.86.